The van der Waals surface area contributed by atoms with Crippen LogP contribution in [0.25, 0.3) is 0 Å². The lowest BCUT2D eigenvalue weighted by Crippen LogP contribution is -2.20. The quantitative estimate of drug-likeness (QED) is 0.237. The molecule has 0 aliphatic heterocycles. The van der Waals surface area contributed by atoms with Gasteiger partial charge >= 0.3 is 6.18 Å². The Hall–Kier alpha value is -3.12. The number of halogens is 4. The molecule has 0 saturated carbocycles. The van der Waals surface area contributed by atoms with E-state index in [1.807, 2.05) is 30.3 Å². The predicted molar refractivity (Wildman–Crippen MR) is 115 cm³/mol. The molecule has 0 atom stereocenters. The molecule has 0 radical (unpaired) electrons. The SMILES string of the molecule is O=C(Cc1ccc(C(F)(F)F)cc1[N+](=O)[O-])N/N=C/c1cc(Br)c(Sc2ccccc2)o1. The maximum Gasteiger partial charge on any atom is 0.416 e. The molecule has 0 fully saturated rings. The molecule has 0 spiro atoms. The van der Waals surface area contributed by atoms with Crippen molar-refractivity contribution < 1.29 is 27.3 Å². The van der Waals surface area contributed by atoms with Crippen molar-refractivity contribution in [1.29, 1.82) is 0 Å². The van der Waals surface area contributed by atoms with Crippen molar-refractivity contribution in [3.8, 4) is 0 Å². The lowest BCUT2D eigenvalue weighted by atomic mass is 10.1. The number of nitro groups is 1. The van der Waals surface area contributed by atoms with E-state index in [0.29, 0.717) is 27.5 Å². The number of nitrogens with zero attached hydrogens (tertiary/aromatic N) is 2. The van der Waals surface area contributed by atoms with Crippen LogP contribution in [-0.4, -0.2) is 17.0 Å². The highest BCUT2D eigenvalue weighted by Gasteiger charge is 2.33. The van der Waals surface area contributed by atoms with Crippen molar-refractivity contribution in [3.63, 3.8) is 0 Å². The highest BCUT2D eigenvalue weighted by atomic mass is 79.9. The number of nitro benzene ring substituents is 1. The number of nitrogens with one attached hydrogen (secondary N) is 1. The lowest BCUT2D eigenvalue weighted by molar-refractivity contribution is -0.385. The Morgan fingerprint density at radius 3 is 2.59 bits per heavy atom. The Morgan fingerprint density at radius 2 is 1.94 bits per heavy atom. The molecule has 1 aromatic heterocycles. The first kappa shape index (κ1) is 23.5. The minimum Gasteiger partial charge on any atom is -0.447 e. The zero-order valence-corrected chi connectivity index (χ0v) is 18.3. The maximum absolute atomic E-state index is 12.8. The van der Waals surface area contributed by atoms with Crippen LogP contribution in [0.5, 0.6) is 0 Å². The molecule has 0 aliphatic carbocycles. The van der Waals surface area contributed by atoms with E-state index in [0.717, 1.165) is 11.0 Å². The normalized spacial score (nSPS) is 11.6. The first-order valence-electron chi connectivity index (χ1n) is 8.82. The number of carbonyl (C=O) groups excluding carboxylic acids is 1. The smallest absolute Gasteiger partial charge is 0.416 e. The molecule has 0 unspecified atom stereocenters. The van der Waals surface area contributed by atoms with Crippen molar-refractivity contribution in [2.24, 2.45) is 5.10 Å². The van der Waals surface area contributed by atoms with Crippen LogP contribution in [0.4, 0.5) is 18.9 Å². The average Bonchev–Trinajstić information content (AvgIpc) is 3.07. The monoisotopic (exact) mass is 527 g/mol. The van der Waals surface area contributed by atoms with E-state index in [2.05, 4.69) is 26.5 Å². The molecule has 7 nitrogen and oxygen atoms in total. The van der Waals surface area contributed by atoms with Crippen LogP contribution in [0.15, 0.2) is 78.6 Å². The highest BCUT2D eigenvalue weighted by molar-refractivity contribution is 9.10. The summed E-state index contributed by atoms with van der Waals surface area (Å²) in [5, 5.41) is 15.4. The molecule has 0 bridgehead atoms. The molecule has 3 aromatic rings. The Kier molecular flexibility index (Phi) is 7.36. The fourth-order valence-electron chi connectivity index (χ4n) is 2.54. The number of furan rings is 1. The standard InChI is InChI=1S/C20H13BrF3N3O4S/c21-16-10-14(31-19(16)32-15-4-2-1-3-5-15)11-25-26-18(28)8-12-6-7-13(20(22,23)24)9-17(12)27(29)30/h1-7,9-11H,8H2,(H,26,28)/b25-11+. The number of hydrogen-bond acceptors (Lipinski definition) is 6. The number of hydrogen-bond donors (Lipinski definition) is 1. The number of amides is 1. The Balaban J connectivity index is 1.64. The molecule has 1 heterocycles. The Morgan fingerprint density at radius 1 is 1.22 bits per heavy atom. The van der Waals surface area contributed by atoms with Crippen LogP contribution in [0.2, 0.25) is 0 Å². The predicted octanol–water partition coefficient (Wildman–Crippen LogP) is 5.81. The van der Waals surface area contributed by atoms with Crippen LogP contribution in [0.3, 0.4) is 0 Å². The number of hydrazone groups is 1. The van der Waals surface area contributed by atoms with Gasteiger partial charge in [-0.1, -0.05) is 36.0 Å². The van der Waals surface area contributed by atoms with E-state index in [9.17, 15) is 28.1 Å². The molecule has 166 valence electrons. The lowest BCUT2D eigenvalue weighted by Gasteiger charge is -2.08. The number of rotatable bonds is 7. The minimum absolute atomic E-state index is 0.169. The summed E-state index contributed by atoms with van der Waals surface area (Å²) in [4.78, 5) is 23.2. The summed E-state index contributed by atoms with van der Waals surface area (Å²) in [6.07, 6.45) is -4.02. The summed E-state index contributed by atoms with van der Waals surface area (Å²) in [7, 11) is 0. The second kappa shape index (κ2) is 10.0. The summed E-state index contributed by atoms with van der Waals surface area (Å²) in [6.45, 7) is 0. The summed E-state index contributed by atoms with van der Waals surface area (Å²) in [5.41, 5.74) is 0.0416. The van der Waals surface area contributed by atoms with Gasteiger partial charge in [-0.25, -0.2) is 5.43 Å². The van der Waals surface area contributed by atoms with Gasteiger partial charge < -0.3 is 4.42 Å². The summed E-state index contributed by atoms with van der Waals surface area (Å²) >= 11 is 4.75. The van der Waals surface area contributed by atoms with Crippen LogP contribution in [0, 0.1) is 10.1 Å². The van der Waals surface area contributed by atoms with E-state index in [1.54, 1.807) is 6.07 Å². The van der Waals surface area contributed by atoms with Gasteiger partial charge in [-0.05, 0) is 34.1 Å². The van der Waals surface area contributed by atoms with Gasteiger partial charge in [-0.15, -0.1) is 0 Å². The van der Waals surface area contributed by atoms with Crippen LogP contribution in [0.1, 0.15) is 16.9 Å². The molecule has 1 amide bonds. The Bertz CT molecular complexity index is 1170. The van der Waals surface area contributed by atoms with Crippen LogP contribution in [-0.2, 0) is 17.4 Å². The molecule has 32 heavy (non-hydrogen) atoms. The zero-order valence-electron chi connectivity index (χ0n) is 15.9. The molecule has 1 N–H and O–H groups in total. The average molecular weight is 528 g/mol. The van der Waals surface area contributed by atoms with E-state index in [4.69, 9.17) is 4.42 Å². The number of benzene rings is 2. The third kappa shape index (κ3) is 6.20. The maximum atomic E-state index is 12.8. The van der Waals surface area contributed by atoms with Gasteiger partial charge in [-0.2, -0.15) is 18.3 Å². The molecule has 12 heteroatoms. The summed E-state index contributed by atoms with van der Waals surface area (Å²) < 4.78 is 44.6. The second-order valence-corrected chi connectivity index (χ2v) is 8.17. The minimum atomic E-state index is -4.73. The van der Waals surface area contributed by atoms with Crippen LogP contribution >= 0.6 is 27.7 Å². The second-order valence-electron chi connectivity index (χ2n) is 6.27. The van der Waals surface area contributed by atoms with Crippen molar-refractivity contribution in [1.82, 2.24) is 5.43 Å². The molecular formula is C20H13BrF3N3O4S. The van der Waals surface area contributed by atoms with Gasteiger partial charge in [0.2, 0.25) is 5.91 Å². The van der Waals surface area contributed by atoms with E-state index < -0.39 is 34.7 Å². The third-order valence-corrected chi connectivity index (χ3v) is 5.82. The highest BCUT2D eigenvalue weighted by Crippen LogP contribution is 2.35. The van der Waals surface area contributed by atoms with Gasteiger partial charge in [0.25, 0.3) is 5.69 Å². The third-order valence-electron chi connectivity index (χ3n) is 3.97. The number of carbonyl (C=O) groups is 1. The summed E-state index contributed by atoms with van der Waals surface area (Å²) in [6, 6.07) is 13.1. The van der Waals surface area contributed by atoms with Crippen molar-refractivity contribution in [3.05, 3.63) is 86.1 Å². The van der Waals surface area contributed by atoms with Crippen molar-refractivity contribution >= 4 is 45.5 Å². The number of alkyl halides is 3. The zero-order chi connectivity index (χ0) is 23.3. The first-order chi connectivity index (χ1) is 15.1. The van der Waals surface area contributed by atoms with E-state index >= 15 is 0 Å². The van der Waals surface area contributed by atoms with Gasteiger partial charge in [0.05, 0.1) is 27.6 Å². The van der Waals surface area contributed by atoms with Gasteiger partial charge in [-0.3, -0.25) is 14.9 Å². The molecule has 3 rings (SSSR count). The fourth-order valence-corrected chi connectivity index (χ4v) is 3.89. The molecule has 2 aromatic carbocycles. The van der Waals surface area contributed by atoms with Gasteiger partial charge in [0, 0.05) is 22.6 Å². The topological polar surface area (TPSA) is 97.7 Å². The van der Waals surface area contributed by atoms with E-state index in [-0.39, 0.29) is 5.56 Å². The van der Waals surface area contributed by atoms with E-state index in [1.165, 1.54) is 18.0 Å². The Labute approximate surface area is 192 Å². The van der Waals surface area contributed by atoms with Gasteiger partial charge in [0.15, 0.2) is 5.09 Å². The molecular weight excluding hydrogens is 515 g/mol. The van der Waals surface area contributed by atoms with Crippen LogP contribution < -0.4 is 5.43 Å². The van der Waals surface area contributed by atoms with Crippen molar-refractivity contribution in [2.75, 3.05) is 0 Å². The first-order valence-corrected chi connectivity index (χ1v) is 10.4. The molecule has 0 saturated heterocycles. The van der Waals surface area contributed by atoms with Crippen molar-refractivity contribution in [2.45, 2.75) is 22.6 Å². The van der Waals surface area contributed by atoms with Gasteiger partial charge in [0.1, 0.15) is 5.76 Å². The summed E-state index contributed by atoms with van der Waals surface area (Å²) in [5.74, 6) is -0.412. The fraction of sp³-hybridized carbons (Fsp3) is 0.100. The molecule has 0 aliphatic rings. The largest absolute Gasteiger partial charge is 0.447 e.